The van der Waals surface area contributed by atoms with E-state index in [9.17, 15) is 4.79 Å². The molecule has 0 spiro atoms. The highest BCUT2D eigenvalue weighted by Crippen LogP contribution is 2.40. The Hall–Kier alpha value is -1.65. The average molecular weight is 397 g/mol. The first-order valence-electron chi connectivity index (χ1n) is 10.7. The molecule has 2 heterocycles. The molecule has 4 rings (SSSR count). The molecule has 1 N–H and O–H groups in total. The molecule has 0 radical (unpaired) electrons. The summed E-state index contributed by atoms with van der Waals surface area (Å²) in [5.74, 6) is 1.16. The molecule has 28 heavy (non-hydrogen) atoms. The molecule has 1 aliphatic heterocycles. The van der Waals surface area contributed by atoms with Crippen molar-refractivity contribution >= 4 is 17.2 Å². The molecule has 2 aliphatic rings. The topological polar surface area (TPSA) is 32.3 Å². The summed E-state index contributed by atoms with van der Waals surface area (Å²) in [6.07, 6.45) is 5.53. The maximum atomic E-state index is 13.3. The van der Waals surface area contributed by atoms with Gasteiger partial charge in [-0.3, -0.25) is 4.79 Å². The Morgan fingerprint density at radius 1 is 1.18 bits per heavy atom. The smallest absolute Gasteiger partial charge is 0.226 e. The SMILES string of the molecule is CC(C)NC(=O)C1(Cc2ccccc2-c2cccs2)CCN(CC2CC2)CC1. The Kier molecular flexibility index (Phi) is 5.88. The van der Waals surface area contributed by atoms with Gasteiger partial charge in [0.25, 0.3) is 0 Å². The van der Waals surface area contributed by atoms with Crippen molar-refractivity contribution in [2.24, 2.45) is 11.3 Å². The van der Waals surface area contributed by atoms with Crippen LogP contribution in [0.15, 0.2) is 41.8 Å². The van der Waals surface area contributed by atoms with Gasteiger partial charge in [0.2, 0.25) is 5.91 Å². The van der Waals surface area contributed by atoms with Crippen molar-refractivity contribution in [3.8, 4) is 10.4 Å². The fourth-order valence-electron chi connectivity index (χ4n) is 4.44. The Morgan fingerprint density at radius 2 is 1.93 bits per heavy atom. The highest BCUT2D eigenvalue weighted by Gasteiger charge is 2.42. The quantitative estimate of drug-likeness (QED) is 0.716. The Labute approximate surface area is 173 Å². The molecule has 2 fully saturated rings. The zero-order chi connectivity index (χ0) is 19.6. The number of thiophene rings is 1. The van der Waals surface area contributed by atoms with Crippen LogP contribution in [0.1, 0.15) is 45.1 Å². The van der Waals surface area contributed by atoms with Crippen molar-refractivity contribution in [1.82, 2.24) is 10.2 Å². The number of benzene rings is 1. The van der Waals surface area contributed by atoms with E-state index in [4.69, 9.17) is 0 Å². The lowest BCUT2D eigenvalue weighted by Crippen LogP contribution is -2.51. The van der Waals surface area contributed by atoms with E-state index < -0.39 is 0 Å². The van der Waals surface area contributed by atoms with Gasteiger partial charge in [-0.15, -0.1) is 11.3 Å². The highest BCUT2D eigenvalue weighted by atomic mass is 32.1. The molecule has 2 aromatic rings. The largest absolute Gasteiger partial charge is 0.353 e. The van der Waals surface area contributed by atoms with Crippen LogP contribution in [0.4, 0.5) is 0 Å². The lowest BCUT2D eigenvalue weighted by atomic mass is 9.72. The summed E-state index contributed by atoms with van der Waals surface area (Å²) in [5.41, 5.74) is 2.30. The summed E-state index contributed by atoms with van der Waals surface area (Å²) in [5, 5.41) is 5.37. The van der Waals surface area contributed by atoms with Gasteiger partial charge in [0.15, 0.2) is 0 Å². The average Bonchev–Trinajstić information content (AvgIpc) is 3.32. The number of nitrogens with one attached hydrogen (secondary N) is 1. The summed E-state index contributed by atoms with van der Waals surface area (Å²) >= 11 is 1.78. The van der Waals surface area contributed by atoms with E-state index in [0.717, 1.165) is 38.3 Å². The van der Waals surface area contributed by atoms with Crippen LogP contribution in [-0.4, -0.2) is 36.5 Å². The van der Waals surface area contributed by atoms with Gasteiger partial charge < -0.3 is 10.2 Å². The summed E-state index contributed by atoms with van der Waals surface area (Å²) in [6, 6.07) is 13.1. The number of amides is 1. The maximum absolute atomic E-state index is 13.3. The fourth-order valence-corrected chi connectivity index (χ4v) is 5.23. The van der Waals surface area contributed by atoms with Crippen LogP contribution in [0.3, 0.4) is 0 Å². The van der Waals surface area contributed by atoms with E-state index >= 15 is 0 Å². The van der Waals surface area contributed by atoms with Gasteiger partial charge in [0.1, 0.15) is 0 Å². The van der Waals surface area contributed by atoms with Crippen molar-refractivity contribution in [3.05, 3.63) is 47.3 Å². The highest BCUT2D eigenvalue weighted by molar-refractivity contribution is 7.13. The van der Waals surface area contributed by atoms with Crippen molar-refractivity contribution in [3.63, 3.8) is 0 Å². The van der Waals surface area contributed by atoms with Gasteiger partial charge in [-0.2, -0.15) is 0 Å². The Bertz CT molecular complexity index is 787. The van der Waals surface area contributed by atoms with Crippen LogP contribution < -0.4 is 5.32 Å². The third-order valence-electron chi connectivity index (χ3n) is 6.26. The molecule has 1 saturated heterocycles. The summed E-state index contributed by atoms with van der Waals surface area (Å²) in [7, 11) is 0. The van der Waals surface area contributed by atoms with E-state index in [1.807, 2.05) is 0 Å². The molecule has 1 amide bonds. The van der Waals surface area contributed by atoms with E-state index in [2.05, 4.69) is 65.8 Å². The van der Waals surface area contributed by atoms with E-state index in [-0.39, 0.29) is 17.4 Å². The number of carbonyl (C=O) groups excluding carboxylic acids is 1. The zero-order valence-corrected chi connectivity index (χ0v) is 17.9. The standard InChI is InChI=1S/C24H32N2OS/c1-18(2)25-23(27)24(11-13-26(14-12-24)17-19-9-10-19)16-20-6-3-4-7-21(20)22-8-5-15-28-22/h3-8,15,18-19H,9-14,16-17H2,1-2H3,(H,25,27). The summed E-state index contributed by atoms with van der Waals surface area (Å²) in [6.45, 7) is 7.45. The van der Waals surface area contributed by atoms with Crippen LogP contribution in [0.2, 0.25) is 0 Å². The fraction of sp³-hybridized carbons (Fsp3) is 0.542. The number of piperidine rings is 1. The number of carbonyl (C=O) groups is 1. The molecule has 1 aromatic carbocycles. The predicted octanol–water partition coefficient (Wildman–Crippen LogP) is 4.97. The number of hydrogen-bond acceptors (Lipinski definition) is 3. The molecule has 150 valence electrons. The minimum atomic E-state index is -0.294. The lowest BCUT2D eigenvalue weighted by Gasteiger charge is -2.41. The third kappa shape index (κ3) is 4.49. The van der Waals surface area contributed by atoms with Crippen LogP contribution in [-0.2, 0) is 11.2 Å². The van der Waals surface area contributed by atoms with Crippen molar-refractivity contribution < 1.29 is 4.79 Å². The second-order valence-corrected chi connectivity index (χ2v) is 9.91. The van der Waals surface area contributed by atoms with Gasteiger partial charge in [0.05, 0.1) is 5.41 Å². The Balaban J connectivity index is 1.57. The lowest BCUT2D eigenvalue weighted by molar-refractivity contribution is -0.134. The van der Waals surface area contributed by atoms with Crippen LogP contribution in [0, 0.1) is 11.3 Å². The molecule has 3 nitrogen and oxygen atoms in total. The van der Waals surface area contributed by atoms with Gasteiger partial charge in [0, 0.05) is 17.5 Å². The van der Waals surface area contributed by atoms with Gasteiger partial charge in [-0.1, -0.05) is 30.3 Å². The summed E-state index contributed by atoms with van der Waals surface area (Å²) in [4.78, 5) is 17.2. The van der Waals surface area contributed by atoms with Crippen LogP contribution >= 0.6 is 11.3 Å². The Morgan fingerprint density at radius 3 is 2.57 bits per heavy atom. The molecule has 1 saturated carbocycles. The van der Waals surface area contributed by atoms with Gasteiger partial charge in [-0.25, -0.2) is 0 Å². The second kappa shape index (κ2) is 8.38. The van der Waals surface area contributed by atoms with Crippen LogP contribution in [0.25, 0.3) is 10.4 Å². The number of likely N-dealkylation sites (tertiary alicyclic amines) is 1. The molecular weight excluding hydrogens is 364 g/mol. The molecule has 0 unspecified atom stereocenters. The van der Waals surface area contributed by atoms with Gasteiger partial charge in [-0.05, 0) is 87.5 Å². The third-order valence-corrected chi connectivity index (χ3v) is 7.16. The molecule has 4 heteroatoms. The number of rotatable bonds is 7. The summed E-state index contributed by atoms with van der Waals surface area (Å²) < 4.78 is 0. The van der Waals surface area contributed by atoms with E-state index in [0.29, 0.717) is 0 Å². The van der Waals surface area contributed by atoms with E-state index in [1.165, 1.54) is 35.4 Å². The van der Waals surface area contributed by atoms with Gasteiger partial charge >= 0.3 is 0 Å². The zero-order valence-electron chi connectivity index (χ0n) is 17.1. The molecule has 0 bridgehead atoms. The first-order valence-corrected chi connectivity index (χ1v) is 11.6. The predicted molar refractivity (Wildman–Crippen MR) is 118 cm³/mol. The molecular formula is C24H32N2OS. The molecule has 1 aliphatic carbocycles. The van der Waals surface area contributed by atoms with E-state index in [1.54, 1.807) is 11.3 Å². The first kappa shape index (κ1) is 19.7. The maximum Gasteiger partial charge on any atom is 0.226 e. The van der Waals surface area contributed by atoms with Crippen molar-refractivity contribution in [2.45, 2.75) is 52.0 Å². The molecule has 0 atom stereocenters. The second-order valence-electron chi connectivity index (χ2n) is 8.96. The van der Waals surface area contributed by atoms with Crippen molar-refractivity contribution in [2.75, 3.05) is 19.6 Å². The number of nitrogens with zero attached hydrogens (tertiary/aromatic N) is 1. The van der Waals surface area contributed by atoms with Crippen LogP contribution in [0.5, 0.6) is 0 Å². The minimum absolute atomic E-state index is 0.182. The first-order chi connectivity index (χ1) is 13.6. The monoisotopic (exact) mass is 396 g/mol. The minimum Gasteiger partial charge on any atom is -0.353 e. The molecule has 1 aromatic heterocycles. The number of hydrogen-bond donors (Lipinski definition) is 1. The normalized spacial score (nSPS) is 19.7. The van der Waals surface area contributed by atoms with Crippen molar-refractivity contribution in [1.29, 1.82) is 0 Å².